The first-order valence-electron chi connectivity index (χ1n) is 10.5. The molecule has 152 valence electrons. The maximum absolute atomic E-state index is 13.1. The maximum Gasteiger partial charge on any atom is 0.181 e. The summed E-state index contributed by atoms with van der Waals surface area (Å²) >= 11 is 1.48. The van der Waals surface area contributed by atoms with Crippen LogP contribution in [0.15, 0.2) is 45.5 Å². The number of likely N-dealkylation sites (tertiary alicyclic amines) is 1. The van der Waals surface area contributed by atoms with Gasteiger partial charge in [-0.25, -0.2) is 9.98 Å². The van der Waals surface area contributed by atoms with Crippen LogP contribution >= 0.6 is 11.8 Å². The molecule has 2 aliphatic heterocycles. The van der Waals surface area contributed by atoms with Crippen molar-refractivity contribution in [2.45, 2.75) is 50.0 Å². The molecule has 3 aliphatic rings. The van der Waals surface area contributed by atoms with E-state index >= 15 is 0 Å². The number of pyridine rings is 1. The number of amidine groups is 1. The Morgan fingerprint density at radius 2 is 2.10 bits per heavy atom. The fourth-order valence-corrected chi connectivity index (χ4v) is 6.20. The van der Waals surface area contributed by atoms with Crippen molar-refractivity contribution in [2.24, 2.45) is 22.1 Å². The molecule has 0 radical (unpaired) electrons. The molecule has 5 rings (SSSR count). The number of carbonyl (C=O) groups is 1. The summed E-state index contributed by atoms with van der Waals surface area (Å²) < 4.78 is 0. The number of H-pyrrole nitrogens is 1. The zero-order valence-corrected chi connectivity index (χ0v) is 17.5. The van der Waals surface area contributed by atoms with Crippen LogP contribution in [-0.4, -0.2) is 45.6 Å². The van der Waals surface area contributed by atoms with Gasteiger partial charge in [0, 0.05) is 48.0 Å². The largest absolute Gasteiger partial charge is 0.359 e. The van der Waals surface area contributed by atoms with E-state index in [9.17, 15) is 4.79 Å². The molecular formula is C22H27N5OS. The molecule has 2 fully saturated rings. The Hall–Kier alpha value is -2.12. The predicted molar refractivity (Wildman–Crippen MR) is 117 cm³/mol. The molecule has 2 aromatic heterocycles. The summed E-state index contributed by atoms with van der Waals surface area (Å²) in [6.07, 6.45) is 11.3. The standard InChI is InChI=1S/C22H27N5OS/c1-14-19(28)17(29-16-5-10-25-20-15(16)4-9-24-20)13-26-21(14)27-11-7-22(8-12-27)6-2-3-18(22)23/h4-5,9-10,13-14,18H,2-3,6-8,11-12,23H2,1H3,(H,24,25)/t14-,18?/m0/s1. The third-order valence-electron chi connectivity index (χ3n) is 7.04. The number of aromatic nitrogens is 2. The fraction of sp³-hybridized carbons (Fsp3) is 0.500. The minimum atomic E-state index is -0.211. The first kappa shape index (κ1) is 18.9. The second kappa shape index (κ2) is 7.29. The quantitative estimate of drug-likeness (QED) is 0.790. The van der Waals surface area contributed by atoms with E-state index in [1.807, 2.05) is 25.3 Å². The molecule has 1 unspecified atom stereocenters. The van der Waals surface area contributed by atoms with E-state index in [0.717, 1.165) is 54.1 Å². The molecule has 2 atom stereocenters. The molecule has 29 heavy (non-hydrogen) atoms. The molecule has 1 spiro atoms. The number of rotatable bonds is 2. The Labute approximate surface area is 175 Å². The van der Waals surface area contributed by atoms with Gasteiger partial charge in [-0.05, 0) is 50.2 Å². The average Bonchev–Trinajstić information content (AvgIpc) is 3.35. The SMILES string of the molecule is C[C@H]1C(=O)C(Sc2ccnc3[nH]ccc23)=CN=C1N1CCC2(CCCC2N)CC1. The van der Waals surface area contributed by atoms with Gasteiger partial charge < -0.3 is 15.6 Å². The summed E-state index contributed by atoms with van der Waals surface area (Å²) in [5.74, 6) is 0.859. The van der Waals surface area contributed by atoms with E-state index in [1.165, 1.54) is 24.6 Å². The first-order chi connectivity index (χ1) is 14.1. The van der Waals surface area contributed by atoms with Gasteiger partial charge in [-0.1, -0.05) is 18.2 Å². The lowest BCUT2D eigenvalue weighted by molar-refractivity contribution is -0.116. The molecule has 0 bridgehead atoms. The van der Waals surface area contributed by atoms with Crippen LogP contribution in [0.25, 0.3) is 11.0 Å². The van der Waals surface area contributed by atoms with Crippen molar-refractivity contribution in [3.63, 3.8) is 0 Å². The number of hydrogen-bond donors (Lipinski definition) is 2. The van der Waals surface area contributed by atoms with Gasteiger partial charge in [0.15, 0.2) is 5.78 Å². The summed E-state index contributed by atoms with van der Waals surface area (Å²) in [7, 11) is 0. The number of aliphatic imine (C=N–C) groups is 1. The minimum absolute atomic E-state index is 0.151. The van der Waals surface area contributed by atoms with Gasteiger partial charge in [-0.2, -0.15) is 0 Å². The van der Waals surface area contributed by atoms with Crippen LogP contribution in [0.5, 0.6) is 0 Å². The van der Waals surface area contributed by atoms with E-state index in [4.69, 9.17) is 10.7 Å². The number of aromatic amines is 1. The van der Waals surface area contributed by atoms with Gasteiger partial charge in [0.05, 0.1) is 10.8 Å². The highest BCUT2D eigenvalue weighted by Crippen LogP contribution is 2.46. The number of Topliss-reactive ketones (excluding diaryl/α,β-unsaturated/α-hetero) is 1. The van der Waals surface area contributed by atoms with E-state index in [2.05, 4.69) is 14.9 Å². The zero-order chi connectivity index (χ0) is 20.0. The number of carbonyl (C=O) groups excluding carboxylic acids is 1. The van der Waals surface area contributed by atoms with Gasteiger partial charge in [-0.3, -0.25) is 4.79 Å². The van der Waals surface area contributed by atoms with Gasteiger partial charge in [0.1, 0.15) is 11.5 Å². The molecule has 6 nitrogen and oxygen atoms in total. The number of hydrogen-bond acceptors (Lipinski definition) is 6. The number of nitrogens with one attached hydrogen (secondary N) is 1. The van der Waals surface area contributed by atoms with Crippen molar-refractivity contribution < 1.29 is 4.79 Å². The lowest BCUT2D eigenvalue weighted by Gasteiger charge is -2.44. The number of nitrogens with zero attached hydrogens (tertiary/aromatic N) is 3. The van der Waals surface area contributed by atoms with Gasteiger partial charge in [0.2, 0.25) is 0 Å². The normalized spacial score (nSPS) is 26.8. The monoisotopic (exact) mass is 409 g/mol. The van der Waals surface area contributed by atoms with Crippen LogP contribution in [0.2, 0.25) is 0 Å². The van der Waals surface area contributed by atoms with Crippen molar-refractivity contribution in [1.29, 1.82) is 0 Å². The summed E-state index contributed by atoms with van der Waals surface area (Å²) in [4.78, 5) is 29.3. The van der Waals surface area contributed by atoms with Crippen molar-refractivity contribution in [3.05, 3.63) is 35.6 Å². The van der Waals surface area contributed by atoms with Crippen molar-refractivity contribution >= 4 is 34.4 Å². The minimum Gasteiger partial charge on any atom is -0.359 e. The van der Waals surface area contributed by atoms with Crippen molar-refractivity contribution in [2.75, 3.05) is 13.1 Å². The Kier molecular flexibility index (Phi) is 4.75. The molecule has 0 aromatic carbocycles. The van der Waals surface area contributed by atoms with Gasteiger partial charge >= 0.3 is 0 Å². The molecule has 0 amide bonds. The molecule has 7 heteroatoms. The average molecular weight is 410 g/mol. The van der Waals surface area contributed by atoms with Crippen LogP contribution in [0.3, 0.4) is 0 Å². The van der Waals surface area contributed by atoms with Crippen molar-refractivity contribution in [3.8, 4) is 0 Å². The third-order valence-corrected chi connectivity index (χ3v) is 8.14. The Morgan fingerprint density at radius 3 is 2.86 bits per heavy atom. The number of thioether (sulfide) groups is 1. The number of piperidine rings is 1. The van der Waals surface area contributed by atoms with E-state index in [1.54, 1.807) is 12.4 Å². The fourth-order valence-electron chi connectivity index (χ4n) is 5.17. The maximum atomic E-state index is 13.1. The van der Waals surface area contributed by atoms with Crippen LogP contribution in [0, 0.1) is 11.3 Å². The summed E-state index contributed by atoms with van der Waals surface area (Å²) in [5, 5.41) is 1.03. The Bertz CT molecular complexity index is 1000. The van der Waals surface area contributed by atoms with Gasteiger partial charge in [-0.15, -0.1) is 0 Å². The van der Waals surface area contributed by atoms with E-state index in [-0.39, 0.29) is 11.7 Å². The molecule has 2 aromatic rings. The van der Waals surface area contributed by atoms with E-state index in [0.29, 0.717) is 16.4 Å². The summed E-state index contributed by atoms with van der Waals surface area (Å²) in [6, 6.07) is 4.28. The smallest absolute Gasteiger partial charge is 0.181 e. The lowest BCUT2D eigenvalue weighted by Crippen LogP contribution is -2.50. The molecule has 3 N–H and O–H groups in total. The number of ketones is 1. The molecule has 1 aliphatic carbocycles. The first-order valence-corrected chi connectivity index (χ1v) is 11.3. The topological polar surface area (TPSA) is 87.4 Å². The molecule has 4 heterocycles. The van der Waals surface area contributed by atoms with Crippen LogP contribution in [-0.2, 0) is 4.79 Å². The third kappa shape index (κ3) is 3.20. The van der Waals surface area contributed by atoms with Crippen molar-refractivity contribution in [1.82, 2.24) is 14.9 Å². The Morgan fingerprint density at radius 1 is 1.28 bits per heavy atom. The lowest BCUT2D eigenvalue weighted by atomic mass is 9.74. The predicted octanol–water partition coefficient (Wildman–Crippen LogP) is 3.71. The van der Waals surface area contributed by atoms with Crippen LogP contribution < -0.4 is 5.73 Å². The molecule has 1 saturated carbocycles. The van der Waals surface area contributed by atoms with E-state index < -0.39 is 0 Å². The highest BCUT2D eigenvalue weighted by Gasteiger charge is 2.44. The van der Waals surface area contributed by atoms with Crippen LogP contribution in [0.1, 0.15) is 39.0 Å². The number of fused-ring (bicyclic) bond motifs is 1. The highest BCUT2D eigenvalue weighted by atomic mass is 32.2. The molecule has 1 saturated heterocycles. The highest BCUT2D eigenvalue weighted by molar-refractivity contribution is 8.04. The molecular weight excluding hydrogens is 382 g/mol. The second-order valence-electron chi connectivity index (χ2n) is 8.57. The number of allylic oxidation sites excluding steroid dienone is 1. The Balaban J connectivity index is 1.34. The number of nitrogens with two attached hydrogens (primary N) is 1. The summed E-state index contributed by atoms with van der Waals surface area (Å²) in [5.41, 5.74) is 7.57. The second-order valence-corrected chi connectivity index (χ2v) is 9.65. The van der Waals surface area contributed by atoms with Crippen LogP contribution in [0.4, 0.5) is 0 Å². The summed E-state index contributed by atoms with van der Waals surface area (Å²) in [6.45, 7) is 3.89. The van der Waals surface area contributed by atoms with Gasteiger partial charge in [0.25, 0.3) is 0 Å². The zero-order valence-electron chi connectivity index (χ0n) is 16.7.